The van der Waals surface area contributed by atoms with Crippen LogP contribution in [0.1, 0.15) is 32.1 Å². The molecule has 0 radical (unpaired) electrons. The van der Waals surface area contributed by atoms with Crippen LogP contribution in [0.5, 0.6) is 0 Å². The Bertz CT molecular complexity index is 292. The molecule has 0 bridgehead atoms. The van der Waals surface area contributed by atoms with Crippen molar-refractivity contribution in [1.82, 2.24) is 4.90 Å². The summed E-state index contributed by atoms with van der Waals surface area (Å²) in [4.78, 5) is 14.0. The normalized spacial score (nSPS) is 27.4. The van der Waals surface area contributed by atoms with E-state index in [4.69, 9.17) is 10.00 Å². The van der Waals surface area contributed by atoms with Crippen LogP contribution in [-0.2, 0) is 9.53 Å². The first kappa shape index (κ1) is 11.4. The summed E-state index contributed by atoms with van der Waals surface area (Å²) in [5.41, 5.74) is 0. The Morgan fingerprint density at radius 1 is 1.31 bits per heavy atom. The van der Waals surface area contributed by atoms with Crippen LogP contribution in [0.4, 0.5) is 0 Å². The van der Waals surface area contributed by atoms with Crippen molar-refractivity contribution in [3.05, 3.63) is 0 Å². The second-order valence-electron chi connectivity index (χ2n) is 4.61. The molecule has 2 aliphatic rings. The Labute approximate surface area is 96.2 Å². The van der Waals surface area contributed by atoms with Crippen LogP contribution in [0.3, 0.4) is 0 Å². The van der Waals surface area contributed by atoms with Crippen LogP contribution < -0.4 is 0 Å². The van der Waals surface area contributed by atoms with Crippen LogP contribution >= 0.6 is 0 Å². The summed E-state index contributed by atoms with van der Waals surface area (Å²) < 4.78 is 5.24. The van der Waals surface area contributed by atoms with Crippen LogP contribution in [0.15, 0.2) is 0 Å². The molecule has 1 saturated carbocycles. The minimum atomic E-state index is -0.429. The van der Waals surface area contributed by atoms with E-state index in [1.807, 2.05) is 4.90 Å². The van der Waals surface area contributed by atoms with E-state index in [9.17, 15) is 4.79 Å². The molecule has 16 heavy (non-hydrogen) atoms. The van der Waals surface area contributed by atoms with Crippen molar-refractivity contribution >= 4 is 5.91 Å². The number of nitriles is 1. The van der Waals surface area contributed by atoms with Gasteiger partial charge in [-0.25, -0.2) is 0 Å². The molecule has 1 aliphatic heterocycles. The summed E-state index contributed by atoms with van der Waals surface area (Å²) in [5.74, 6) is 0.439. The lowest BCUT2D eigenvalue weighted by molar-refractivity contribution is -0.142. The Morgan fingerprint density at radius 3 is 2.75 bits per heavy atom. The minimum Gasteiger partial charge on any atom is -0.360 e. The number of carbonyl (C=O) groups is 1. The molecule has 0 spiro atoms. The lowest BCUT2D eigenvalue weighted by Crippen LogP contribution is -2.47. The van der Waals surface area contributed by atoms with Gasteiger partial charge in [-0.3, -0.25) is 4.79 Å². The highest BCUT2D eigenvalue weighted by Gasteiger charge is 2.29. The topological polar surface area (TPSA) is 53.3 Å². The van der Waals surface area contributed by atoms with Gasteiger partial charge >= 0.3 is 0 Å². The molecule has 1 aliphatic carbocycles. The van der Waals surface area contributed by atoms with Crippen molar-refractivity contribution < 1.29 is 9.53 Å². The third-order valence-electron chi connectivity index (χ3n) is 3.48. The van der Waals surface area contributed by atoms with E-state index >= 15 is 0 Å². The van der Waals surface area contributed by atoms with Gasteiger partial charge in [-0.15, -0.1) is 0 Å². The van der Waals surface area contributed by atoms with E-state index < -0.39 is 6.10 Å². The SMILES string of the molecule is N#CC1CN(C(=O)C2CCCCC2)CCO1. The molecule has 4 heteroatoms. The van der Waals surface area contributed by atoms with Gasteiger partial charge in [0.1, 0.15) is 0 Å². The summed E-state index contributed by atoms with van der Waals surface area (Å²) in [6.45, 7) is 1.59. The van der Waals surface area contributed by atoms with Crippen molar-refractivity contribution in [1.29, 1.82) is 5.26 Å². The third-order valence-corrected chi connectivity index (χ3v) is 3.48. The first-order valence-corrected chi connectivity index (χ1v) is 6.11. The van der Waals surface area contributed by atoms with Gasteiger partial charge in [-0.1, -0.05) is 19.3 Å². The maximum Gasteiger partial charge on any atom is 0.225 e. The average molecular weight is 222 g/mol. The molecule has 2 rings (SSSR count). The van der Waals surface area contributed by atoms with Crippen LogP contribution in [0.25, 0.3) is 0 Å². The van der Waals surface area contributed by atoms with Crippen molar-refractivity contribution in [2.75, 3.05) is 19.7 Å². The second-order valence-corrected chi connectivity index (χ2v) is 4.61. The number of morpholine rings is 1. The largest absolute Gasteiger partial charge is 0.360 e. The van der Waals surface area contributed by atoms with E-state index in [0.29, 0.717) is 19.7 Å². The number of hydrogen-bond acceptors (Lipinski definition) is 3. The zero-order valence-electron chi connectivity index (χ0n) is 9.52. The standard InChI is InChI=1S/C12H18N2O2/c13-8-11-9-14(6-7-16-11)12(15)10-4-2-1-3-5-10/h10-11H,1-7,9H2. The van der Waals surface area contributed by atoms with Crippen molar-refractivity contribution in [2.45, 2.75) is 38.2 Å². The fourth-order valence-corrected chi connectivity index (χ4v) is 2.54. The molecule has 4 nitrogen and oxygen atoms in total. The van der Waals surface area contributed by atoms with Gasteiger partial charge in [0, 0.05) is 12.5 Å². The number of amides is 1. The van der Waals surface area contributed by atoms with E-state index in [1.165, 1.54) is 19.3 Å². The van der Waals surface area contributed by atoms with Crippen LogP contribution in [-0.4, -0.2) is 36.6 Å². The molecule has 1 heterocycles. The van der Waals surface area contributed by atoms with Crippen LogP contribution in [0, 0.1) is 17.2 Å². The van der Waals surface area contributed by atoms with Crippen LogP contribution in [0.2, 0.25) is 0 Å². The molecule has 1 saturated heterocycles. The second kappa shape index (κ2) is 5.31. The molecule has 1 atom stereocenters. The lowest BCUT2D eigenvalue weighted by atomic mass is 9.88. The molecule has 0 N–H and O–H groups in total. The first-order chi connectivity index (χ1) is 7.81. The number of carbonyl (C=O) groups excluding carboxylic acids is 1. The molecule has 1 unspecified atom stereocenters. The Balaban J connectivity index is 1.90. The number of rotatable bonds is 1. The Morgan fingerprint density at radius 2 is 2.06 bits per heavy atom. The van der Waals surface area contributed by atoms with E-state index in [-0.39, 0.29) is 11.8 Å². The maximum absolute atomic E-state index is 12.2. The molecule has 1 amide bonds. The van der Waals surface area contributed by atoms with Crippen molar-refractivity contribution in [3.8, 4) is 6.07 Å². The minimum absolute atomic E-state index is 0.200. The fourth-order valence-electron chi connectivity index (χ4n) is 2.54. The number of nitrogens with zero attached hydrogens (tertiary/aromatic N) is 2. The van der Waals surface area contributed by atoms with Gasteiger partial charge in [0.25, 0.3) is 0 Å². The quantitative estimate of drug-likeness (QED) is 0.672. The summed E-state index contributed by atoms with van der Waals surface area (Å²) >= 11 is 0. The molecular weight excluding hydrogens is 204 g/mol. The third kappa shape index (κ3) is 2.53. The van der Waals surface area contributed by atoms with E-state index in [2.05, 4.69) is 6.07 Å². The highest BCUT2D eigenvalue weighted by molar-refractivity contribution is 5.79. The van der Waals surface area contributed by atoms with Gasteiger partial charge in [-0.2, -0.15) is 5.26 Å². The van der Waals surface area contributed by atoms with Gasteiger partial charge in [0.2, 0.25) is 5.91 Å². The average Bonchev–Trinajstić information content (AvgIpc) is 2.39. The van der Waals surface area contributed by atoms with Gasteiger partial charge < -0.3 is 9.64 Å². The van der Waals surface area contributed by atoms with Gasteiger partial charge in [-0.05, 0) is 12.8 Å². The highest BCUT2D eigenvalue weighted by atomic mass is 16.5. The first-order valence-electron chi connectivity index (χ1n) is 6.11. The molecule has 0 aromatic carbocycles. The Kier molecular flexibility index (Phi) is 3.79. The number of ether oxygens (including phenoxy) is 1. The molecule has 0 aromatic rings. The fraction of sp³-hybridized carbons (Fsp3) is 0.833. The Hall–Kier alpha value is -1.08. The molecular formula is C12H18N2O2. The van der Waals surface area contributed by atoms with E-state index in [1.54, 1.807) is 0 Å². The monoisotopic (exact) mass is 222 g/mol. The predicted octanol–water partition coefficient (Wildman–Crippen LogP) is 1.32. The maximum atomic E-state index is 12.2. The van der Waals surface area contributed by atoms with Gasteiger partial charge in [0.15, 0.2) is 6.10 Å². The van der Waals surface area contributed by atoms with E-state index in [0.717, 1.165) is 12.8 Å². The highest BCUT2D eigenvalue weighted by Crippen LogP contribution is 2.26. The summed E-state index contributed by atoms with van der Waals surface area (Å²) in [7, 11) is 0. The summed E-state index contributed by atoms with van der Waals surface area (Å²) in [6, 6.07) is 2.08. The molecule has 2 fully saturated rings. The molecule has 88 valence electrons. The zero-order chi connectivity index (χ0) is 11.4. The number of hydrogen-bond donors (Lipinski definition) is 0. The lowest BCUT2D eigenvalue weighted by Gasteiger charge is -2.33. The van der Waals surface area contributed by atoms with Gasteiger partial charge in [0.05, 0.1) is 19.2 Å². The van der Waals surface area contributed by atoms with Crippen molar-refractivity contribution in [3.63, 3.8) is 0 Å². The smallest absolute Gasteiger partial charge is 0.225 e. The summed E-state index contributed by atoms with van der Waals surface area (Å²) in [6.07, 6.45) is 5.21. The zero-order valence-corrected chi connectivity index (χ0v) is 9.52. The predicted molar refractivity (Wildman–Crippen MR) is 58.5 cm³/mol. The van der Waals surface area contributed by atoms with Crippen molar-refractivity contribution in [2.24, 2.45) is 5.92 Å². The summed E-state index contributed by atoms with van der Waals surface area (Å²) in [5, 5.41) is 8.79. The molecule has 0 aromatic heterocycles.